The van der Waals surface area contributed by atoms with Gasteiger partial charge in [-0.3, -0.25) is 9.59 Å². The van der Waals surface area contributed by atoms with Crippen molar-refractivity contribution in [2.75, 3.05) is 18.2 Å². The number of aromatic nitrogens is 2. The summed E-state index contributed by atoms with van der Waals surface area (Å²) >= 11 is 1.77. The van der Waals surface area contributed by atoms with E-state index in [1.165, 1.54) is 4.90 Å². The van der Waals surface area contributed by atoms with Crippen LogP contribution in [0.3, 0.4) is 0 Å². The van der Waals surface area contributed by atoms with Gasteiger partial charge < -0.3 is 10.1 Å². The van der Waals surface area contributed by atoms with Crippen LogP contribution in [-0.2, 0) is 23.1 Å². The van der Waals surface area contributed by atoms with Gasteiger partial charge in [0.2, 0.25) is 11.8 Å². The maximum atomic E-state index is 13.6. The molecule has 1 aliphatic rings. The smallest absolute Gasteiger partial charge is 0.229 e. The number of rotatable bonds is 7. The molecule has 0 bridgehead atoms. The van der Waals surface area contributed by atoms with Crippen molar-refractivity contribution in [1.82, 2.24) is 9.97 Å². The maximum absolute atomic E-state index is 13.6. The third-order valence-electron chi connectivity index (χ3n) is 6.33. The molecule has 1 atom stereocenters. The van der Waals surface area contributed by atoms with E-state index in [0.717, 1.165) is 28.1 Å². The Morgan fingerprint density at radius 1 is 1.21 bits per heavy atom. The second kappa shape index (κ2) is 9.97. The van der Waals surface area contributed by atoms with Crippen molar-refractivity contribution in [1.29, 1.82) is 0 Å². The van der Waals surface area contributed by atoms with Gasteiger partial charge in [0.05, 0.1) is 24.6 Å². The van der Waals surface area contributed by atoms with Crippen molar-refractivity contribution >= 4 is 29.3 Å². The number of methoxy groups -OCH3 is 1. The van der Waals surface area contributed by atoms with Crippen LogP contribution in [0.15, 0.2) is 53.6 Å². The number of Topliss-reactive ketones (excluding diaryl/α,β-unsaturated/α-hetero) is 1. The normalized spacial score (nSPS) is 17.2. The number of fused-ring (bicyclic) bond motifs is 1. The van der Waals surface area contributed by atoms with Gasteiger partial charge in [0, 0.05) is 22.7 Å². The van der Waals surface area contributed by atoms with Crippen molar-refractivity contribution < 1.29 is 14.3 Å². The van der Waals surface area contributed by atoms with E-state index in [-0.39, 0.29) is 18.1 Å². The summed E-state index contributed by atoms with van der Waals surface area (Å²) in [5.74, 6) is 1.93. The molecule has 2 heterocycles. The van der Waals surface area contributed by atoms with Gasteiger partial charge in [-0.25, -0.2) is 9.97 Å². The van der Waals surface area contributed by atoms with Gasteiger partial charge in [0.1, 0.15) is 5.82 Å². The van der Waals surface area contributed by atoms with Gasteiger partial charge in [-0.1, -0.05) is 25.1 Å². The van der Waals surface area contributed by atoms with Gasteiger partial charge in [-0.05, 0) is 67.3 Å². The highest BCUT2D eigenvalue weighted by molar-refractivity contribution is 7.99. The lowest BCUT2D eigenvalue weighted by Gasteiger charge is -2.34. The number of aryl methyl sites for hydroxylation is 2. The number of ether oxygens (including phenoxy) is 1. The fourth-order valence-electron chi connectivity index (χ4n) is 4.40. The molecule has 1 aliphatic carbocycles. The van der Waals surface area contributed by atoms with Crippen LogP contribution >= 0.6 is 11.8 Å². The van der Waals surface area contributed by atoms with Crippen molar-refractivity contribution in [2.45, 2.75) is 50.3 Å². The van der Waals surface area contributed by atoms with Gasteiger partial charge in [0.15, 0.2) is 5.78 Å². The molecule has 1 amide bonds. The number of benzene rings is 1. The van der Waals surface area contributed by atoms with Crippen LogP contribution in [0.2, 0.25) is 0 Å². The zero-order valence-electron chi connectivity index (χ0n) is 20.0. The van der Waals surface area contributed by atoms with Crippen molar-refractivity contribution in [3.63, 3.8) is 0 Å². The molecule has 0 aliphatic heterocycles. The van der Waals surface area contributed by atoms with Gasteiger partial charge >= 0.3 is 0 Å². The minimum Gasteiger partial charge on any atom is -0.481 e. The van der Waals surface area contributed by atoms with E-state index < -0.39 is 5.41 Å². The molecular formula is C27H29N3O3S. The van der Waals surface area contributed by atoms with Crippen LogP contribution in [0.25, 0.3) is 0 Å². The number of pyridine rings is 2. The Bertz CT molecular complexity index is 1210. The highest BCUT2D eigenvalue weighted by Gasteiger charge is 2.41. The second-order valence-corrected chi connectivity index (χ2v) is 10.0. The maximum Gasteiger partial charge on any atom is 0.229 e. The van der Waals surface area contributed by atoms with Crippen molar-refractivity contribution in [3.8, 4) is 5.88 Å². The minimum absolute atomic E-state index is 0.0358. The summed E-state index contributed by atoms with van der Waals surface area (Å²) in [6.45, 7) is 5.97. The number of carbonyl (C=O) groups is 2. The fraction of sp³-hybridized carbons (Fsp3) is 0.333. The molecule has 2 aromatic heterocycles. The van der Waals surface area contributed by atoms with E-state index in [1.54, 1.807) is 37.2 Å². The monoisotopic (exact) mass is 475 g/mol. The number of carbonyl (C=O) groups excluding carboxylic acids is 2. The highest BCUT2D eigenvalue weighted by Crippen LogP contribution is 2.39. The predicted octanol–water partition coefficient (Wildman–Crippen LogP) is 5.17. The number of nitrogens with one attached hydrogen (secondary N) is 1. The summed E-state index contributed by atoms with van der Waals surface area (Å²) in [6, 6.07) is 13.5. The highest BCUT2D eigenvalue weighted by atomic mass is 32.2. The summed E-state index contributed by atoms with van der Waals surface area (Å²) in [7, 11) is 1.57. The Hall–Kier alpha value is -3.19. The number of anilines is 1. The third-order valence-corrected chi connectivity index (χ3v) is 7.22. The number of thioether (sulfide) groups is 1. The zero-order chi connectivity index (χ0) is 24.3. The molecule has 1 unspecified atom stereocenters. The number of amides is 1. The van der Waals surface area contributed by atoms with E-state index in [0.29, 0.717) is 30.1 Å². The fourth-order valence-corrected chi connectivity index (χ4v) is 5.06. The molecule has 1 aromatic carbocycles. The Morgan fingerprint density at radius 2 is 1.97 bits per heavy atom. The van der Waals surface area contributed by atoms with Crippen molar-refractivity contribution in [3.05, 3.63) is 76.6 Å². The van der Waals surface area contributed by atoms with E-state index >= 15 is 0 Å². The molecule has 6 nitrogen and oxygen atoms in total. The van der Waals surface area contributed by atoms with Gasteiger partial charge in [-0.2, -0.15) is 0 Å². The van der Waals surface area contributed by atoms with E-state index in [9.17, 15) is 9.59 Å². The number of ketones is 1. The molecule has 0 saturated heterocycles. The molecule has 4 rings (SSSR count). The molecule has 0 saturated carbocycles. The molecule has 7 heteroatoms. The molecule has 176 valence electrons. The first-order chi connectivity index (χ1) is 16.3. The summed E-state index contributed by atoms with van der Waals surface area (Å²) < 4.78 is 5.15. The van der Waals surface area contributed by atoms with Crippen LogP contribution in [0.5, 0.6) is 5.88 Å². The quantitative estimate of drug-likeness (QED) is 0.475. The summed E-state index contributed by atoms with van der Waals surface area (Å²) in [5, 5.41) is 2.91. The Morgan fingerprint density at radius 3 is 2.62 bits per heavy atom. The SMILES string of the molecule is CCSc1ccc(CC(=O)Nc2cc(C)c3c(n2)CCC(C)(c2ccc(OC)nc2)C3=O)cc1. The Balaban J connectivity index is 1.50. The van der Waals surface area contributed by atoms with Crippen molar-refractivity contribution in [2.24, 2.45) is 0 Å². The largest absolute Gasteiger partial charge is 0.481 e. The second-order valence-electron chi connectivity index (χ2n) is 8.70. The lowest BCUT2D eigenvalue weighted by molar-refractivity contribution is -0.115. The topological polar surface area (TPSA) is 81.2 Å². The first-order valence-electron chi connectivity index (χ1n) is 11.4. The Kier molecular flexibility index (Phi) is 7.03. The number of hydrogen-bond acceptors (Lipinski definition) is 6. The molecule has 3 aromatic rings. The summed E-state index contributed by atoms with van der Waals surface area (Å²) in [4.78, 5) is 36.3. The number of hydrogen-bond donors (Lipinski definition) is 1. The third kappa shape index (κ3) is 4.85. The van der Waals surface area contributed by atoms with Crippen LogP contribution in [0, 0.1) is 6.92 Å². The first-order valence-corrected chi connectivity index (χ1v) is 12.4. The Labute approximate surface area is 204 Å². The van der Waals surface area contributed by atoms with Gasteiger partial charge in [-0.15, -0.1) is 11.8 Å². The summed E-state index contributed by atoms with van der Waals surface area (Å²) in [5.41, 5.74) is 3.34. The average molecular weight is 476 g/mol. The molecule has 0 spiro atoms. The standard InChI is InChI=1S/C27H29N3O3S/c1-5-34-20-9-6-18(7-10-20)15-23(31)30-22-14-17(2)25-21(29-22)12-13-27(3,26(25)32)19-8-11-24(33-4)28-16-19/h6-11,14,16H,5,12-13,15H2,1-4H3,(H,29,30,31). The molecule has 0 radical (unpaired) electrons. The van der Waals surface area contributed by atoms with E-state index in [2.05, 4.69) is 22.2 Å². The molecule has 34 heavy (non-hydrogen) atoms. The first kappa shape index (κ1) is 24.0. The predicted molar refractivity (Wildman–Crippen MR) is 135 cm³/mol. The van der Waals surface area contributed by atoms with Crippen LogP contribution < -0.4 is 10.1 Å². The molecule has 0 fully saturated rings. The molecular weight excluding hydrogens is 446 g/mol. The van der Waals surface area contributed by atoms with E-state index in [1.807, 2.05) is 44.2 Å². The molecule has 1 N–H and O–H groups in total. The van der Waals surface area contributed by atoms with Crippen LogP contribution in [0.4, 0.5) is 5.82 Å². The van der Waals surface area contributed by atoms with Gasteiger partial charge in [0.25, 0.3) is 0 Å². The van der Waals surface area contributed by atoms with Crippen LogP contribution in [-0.4, -0.2) is 34.5 Å². The zero-order valence-corrected chi connectivity index (χ0v) is 20.8. The lowest BCUT2D eigenvalue weighted by atomic mass is 9.68. The minimum atomic E-state index is -0.675. The average Bonchev–Trinajstić information content (AvgIpc) is 2.83. The lowest BCUT2D eigenvalue weighted by Crippen LogP contribution is -2.38. The van der Waals surface area contributed by atoms with E-state index in [4.69, 9.17) is 4.74 Å². The summed E-state index contributed by atoms with van der Waals surface area (Å²) in [6.07, 6.45) is 3.26. The van der Waals surface area contributed by atoms with Crippen LogP contribution in [0.1, 0.15) is 53.0 Å². The number of nitrogens with zero attached hydrogens (tertiary/aromatic N) is 2.